The molecule has 0 saturated carbocycles. The van der Waals surface area contributed by atoms with Crippen molar-refractivity contribution in [3.8, 4) is 5.75 Å². The lowest BCUT2D eigenvalue weighted by Crippen LogP contribution is -1.97. The summed E-state index contributed by atoms with van der Waals surface area (Å²) in [5.74, 6) is 1.34. The van der Waals surface area contributed by atoms with Crippen LogP contribution >= 0.6 is 27.5 Å². The van der Waals surface area contributed by atoms with Crippen LogP contribution in [0, 0.1) is 0 Å². The zero-order valence-electron chi connectivity index (χ0n) is 12.0. The molecule has 0 unspecified atom stereocenters. The van der Waals surface area contributed by atoms with E-state index in [2.05, 4.69) is 59.3 Å². The van der Waals surface area contributed by atoms with Gasteiger partial charge in [-0.25, -0.2) is 0 Å². The lowest BCUT2D eigenvalue weighted by molar-refractivity contribution is 0.343. The fourth-order valence-electron chi connectivity index (χ4n) is 2.15. The average molecular weight is 366 g/mol. The summed E-state index contributed by atoms with van der Waals surface area (Å²) >= 11 is 9.37. The van der Waals surface area contributed by atoms with Gasteiger partial charge in [0.2, 0.25) is 0 Å². The molecule has 2 rings (SSSR count). The Balaban J connectivity index is 2.28. The number of rotatable bonds is 6. The molecule has 3 heteroatoms. The highest BCUT2D eigenvalue weighted by Crippen LogP contribution is 2.33. The van der Waals surface area contributed by atoms with Crippen molar-refractivity contribution in [2.45, 2.75) is 13.3 Å². The third kappa shape index (κ3) is 4.36. The number of ether oxygens (including phenoxy) is 1. The molecule has 110 valence electrons. The maximum Gasteiger partial charge on any atom is 0.119 e. The van der Waals surface area contributed by atoms with Crippen LogP contribution in [0.15, 0.2) is 54.6 Å². The van der Waals surface area contributed by atoms with Gasteiger partial charge in [-0.05, 0) is 51.2 Å². The Labute approximate surface area is 139 Å². The molecule has 0 aliphatic heterocycles. The van der Waals surface area contributed by atoms with Gasteiger partial charge >= 0.3 is 0 Å². The maximum atomic E-state index is 5.62. The van der Waals surface area contributed by atoms with Crippen LogP contribution < -0.4 is 4.74 Å². The molecule has 0 N–H and O–H groups in total. The molecule has 0 spiro atoms. The molecule has 0 aromatic heterocycles. The van der Waals surface area contributed by atoms with Gasteiger partial charge in [0.05, 0.1) is 5.88 Å². The second-order valence-electron chi connectivity index (χ2n) is 4.57. The molecule has 0 fully saturated rings. The molecule has 0 radical (unpaired) electrons. The van der Waals surface area contributed by atoms with Gasteiger partial charge in [-0.3, -0.25) is 0 Å². The molecule has 2 aromatic carbocycles. The predicted octanol–water partition coefficient (Wildman–Crippen LogP) is 5.98. The summed E-state index contributed by atoms with van der Waals surface area (Å²) in [7, 11) is 0. The van der Waals surface area contributed by atoms with Crippen LogP contribution in [0.1, 0.15) is 24.5 Å². The Morgan fingerprint density at radius 1 is 1.00 bits per heavy atom. The summed E-state index contributed by atoms with van der Waals surface area (Å²) in [6.07, 6.45) is 0.967. The Bertz CT molecular complexity index is 590. The van der Waals surface area contributed by atoms with Crippen molar-refractivity contribution in [2.75, 3.05) is 12.5 Å². The molecule has 0 amide bonds. The van der Waals surface area contributed by atoms with Crippen LogP contribution in [-0.2, 0) is 0 Å². The van der Waals surface area contributed by atoms with Crippen LogP contribution in [0.25, 0.3) is 10.1 Å². The number of benzene rings is 2. The smallest absolute Gasteiger partial charge is 0.119 e. The van der Waals surface area contributed by atoms with Crippen molar-refractivity contribution < 1.29 is 4.74 Å². The van der Waals surface area contributed by atoms with Crippen LogP contribution in [0.3, 0.4) is 0 Å². The van der Waals surface area contributed by atoms with Crippen molar-refractivity contribution in [1.29, 1.82) is 0 Å². The molecule has 0 atom stereocenters. The molecular weight excluding hydrogens is 348 g/mol. The van der Waals surface area contributed by atoms with Gasteiger partial charge in [0.1, 0.15) is 12.4 Å². The fourth-order valence-corrected chi connectivity index (χ4v) is 3.00. The topological polar surface area (TPSA) is 9.23 Å². The van der Waals surface area contributed by atoms with E-state index in [0.29, 0.717) is 12.5 Å². The molecule has 1 nitrogen and oxygen atoms in total. The van der Waals surface area contributed by atoms with E-state index in [0.717, 1.165) is 22.2 Å². The van der Waals surface area contributed by atoms with E-state index in [9.17, 15) is 0 Å². The molecular formula is C18H18BrClO. The standard InChI is InChI=1S/C18H18BrClO/c1-2-17(14-6-4-3-5-7-14)18(19)15-8-10-16(11-9-15)21-13-12-20/h3-11H,2,12-13H2,1H3/b18-17+. The third-order valence-corrected chi connectivity index (χ3v) is 4.29. The molecule has 0 saturated heterocycles. The normalized spacial score (nSPS) is 12.0. The molecule has 0 bridgehead atoms. The maximum absolute atomic E-state index is 5.62. The highest BCUT2D eigenvalue weighted by molar-refractivity contribution is 9.15. The second kappa shape index (κ2) is 8.26. The summed E-state index contributed by atoms with van der Waals surface area (Å²) < 4.78 is 6.62. The van der Waals surface area contributed by atoms with Crippen LogP contribution in [0.2, 0.25) is 0 Å². The SMILES string of the molecule is CC/C(=C(\Br)c1ccc(OCCCl)cc1)c1ccccc1. The van der Waals surface area contributed by atoms with Crippen molar-refractivity contribution in [3.63, 3.8) is 0 Å². The predicted molar refractivity (Wildman–Crippen MR) is 95.1 cm³/mol. The monoisotopic (exact) mass is 364 g/mol. The molecule has 0 aliphatic rings. The number of alkyl halides is 1. The van der Waals surface area contributed by atoms with Gasteiger partial charge < -0.3 is 4.74 Å². The molecule has 21 heavy (non-hydrogen) atoms. The van der Waals surface area contributed by atoms with Crippen LogP contribution in [-0.4, -0.2) is 12.5 Å². The van der Waals surface area contributed by atoms with Crippen molar-refractivity contribution >= 4 is 37.6 Å². The van der Waals surface area contributed by atoms with E-state index in [1.807, 2.05) is 18.2 Å². The number of hydrogen-bond donors (Lipinski definition) is 0. The highest BCUT2D eigenvalue weighted by Gasteiger charge is 2.07. The second-order valence-corrected chi connectivity index (χ2v) is 5.74. The van der Waals surface area contributed by atoms with Crippen LogP contribution in [0.5, 0.6) is 5.75 Å². The van der Waals surface area contributed by atoms with Gasteiger partial charge in [0.25, 0.3) is 0 Å². The highest BCUT2D eigenvalue weighted by atomic mass is 79.9. The zero-order chi connectivity index (χ0) is 15.1. The van der Waals surface area contributed by atoms with Gasteiger partial charge in [0, 0.05) is 4.48 Å². The molecule has 0 aliphatic carbocycles. The van der Waals surface area contributed by atoms with Crippen molar-refractivity contribution in [3.05, 3.63) is 65.7 Å². The van der Waals surface area contributed by atoms with Crippen molar-refractivity contribution in [2.24, 2.45) is 0 Å². The Morgan fingerprint density at radius 2 is 1.67 bits per heavy atom. The lowest BCUT2D eigenvalue weighted by atomic mass is 10.0. The third-order valence-electron chi connectivity index (χ3n) is 3.19. The summed E-state index contributed by atoms with van der Waals surface area (Å²) in [6.45, 7) is 2.70. The first-order valence-electron chi connectivity index (χ1n) is 6.99. The summed E-state index contributed by atoms with van der Waals surface area (Å²) in [6, 6.07) is 18.5. The number of allylic oxidation sites excluding steroid dienone is 1. The zero-order valence-corrected chi connectivity index (χ0v) is 14.3. The van der Waals surface area contributed by atoms with Crippen molar-refractivity contribution in [1.82, 2.24) is 0 Å². The molecule has 2 aromatic rings. The van der Waals surface area contributed by atoms with Gasteiger partial charge in [-0.1, -0.05) is 49.4 Å². The Morgan fingerprint density at radius 3 is 2.24 bits per heavy atom. The minimum atomic E-state index is 0.499. The first-order chi connectivity index (χ1) is 10.3. The van der Waals surface area contributed by atoms with Gasteiger partial charge in [0.15, 0.2) is 0 Å². The van der Waals surface area contributed by atoms with Gasteiger partial charge in [-0.15, -0.1) is 11.6 Å². The summed E-state index contributed by atoms with van der Waals surface area (Å²) in [5.41, 5.74) is 3.69. The summed E-state index contributed by atoms with van der Waals surface area (Å²) in [4.78, 5) is 0. The number of halogens is 2. The first-order valence-corrected chi connectivity index (χ1v) is 8.32. The quantitative estimate of drug-likeness (QED) is 0.452. The van der Waals surface area contributed by atoms with Gasteiger partial charge in [-0.2, -0.15) is 0 Å². The minimum absolute atomic E-state index is 0.499. The first kappa shape index (κ1) is 16.1. The lowest BCUT2D eigenvalue weighted by Gasteiger charge is -2.11. The molecule has 0 heterocycles. The van der Waals surface area contributed by atoms with E-state index < -0.39 is 0 Å². The Hall–Kier alpha value is -1.25. The van der Waals surface area contributed by atoms with E-state index >= 15 is 0 Å². The average Bonchev–Trinajstić information content (AvgIpc) is 2.55. The van der Waals surface area contributed by atoms with E-state index in [-0.39, 0.29) is 0 Å². The largest absolute Gasteiger partial charge is 0.492 e. The minimum Gasteiger partial charge on any atom is -0.492 e. The van der Waals surface area contributed by atoms with E-state index in [1.54, 1.807) is 0 Å². The van der Waals surface area contributed by atoms with E-state index in [1.165, 1.54) is 11.1 Å². The number of hydrogen-bond acceptors (Lipinski definition) is 1. The fraction of sp³-hybridized carbons (Fsp3) is 0.222. The van der Waals surface area contributed by atoms with E-state index in [4.69, 9.17) is 16.3 Å². The Kier molecular flexibility index (Phi) is 6.34. The van der Waals surface area contributed by atoms with Crippen LogP contribution in [0.4, 0.5) is 0 Å². The summed E-state index contributed by atoms with van der Waals surface area (Å²) in [5, 5.41) is 0.